The van der Waals surface area contributed by atoms with Gasteiger partial charge in [-0.25, -0.2) is 4.85 Å². The lowest BCUT2D eigenvalue weighted by atomic mass is 10.0. The maximum absolute atomic E-state index is 9.21. The van der Waals surface area contributed by atoms with Crippen LogP contribution in [0, 0.1) is 17.9 Å². The number of aryl methyl sites for hydroxylation is 2. The van der Waals surface area contributed by atoms with Gasteiger partial charge < -0.3 is 0 Å². The molecule has 356 valence electrons. The number of fused-ring (bicyclic) bond motifs is 5. The quantitative estimate of drug-likeness (QED) is 0.0219. The molecule has 0 saturated heterocycles. The Balaban J connectivity index is 1.10. The van der Waals surface area contributed by atoms with E-state index in [2.05, 4.69) is 71.7 Å². The third-order valence-electron chi connectivity index (χ3n) is 13.3. The van der Waals surface area contributed by atoms with Crippen LogP contribution in [0.2, 0.25) is 0 Å². The molecule has 0 aromatic carbocycles. The van der Waals surface area contributed by atoms with Crippen molar-refractivity contribution in [2.75, 3.05) is 0 Å². The highest BCUT2D eigenvalue weighted by Crippen LogP contribution is 2.56. The molecule has 8 heteroatoms. The number of unbranched alkanes of at least 4 members (excludes halogenated alkanes) is 28. The fourth-order valence-electron chi connectivity index (χ4n) is 9.57. The summed E-state index contributed by atoms with van der Waals surface area (Å²) in [6, 6.07) is 11.2. The van der Waals surface area contributed by atoms with Crippen LogP contribution < -0.4 is 0 Å². The van der Waals surface area contributed by atoms with E-state index in [1.54, 1.807) is 23.4 Å². The third kappa shape index (κ3) is 16.3. The standard InChI is InChI=1S/C58H78N2S6/c1-4-6-8-10-12-14-16-18-20-22-24-26-28-30-32-36-47-51(49-40-38-45(61-49)35-34-43-59)63-55-53(47)65-58-56-54(66-57(55)58)48(52(64-56)50-41-39-46(62-50)42-44-60-3)37-33-31-29-27-25-23-21-19-17-15-13-11-9-7-5-2/h34-35,38-42,44H,4-33,36-37H2,1-2H3/b35-34+,44-42+. The molecule has 0 fully saturated rings. The van der Waals surface area contributed by atoms with Gasteiger partial charge in [-0.15, -0.1) is 68.0 Å². The summed E-state index contributed by atoms with van der Waals surface area (Å²) in [5.41, 5.74) is 3.13. The fourth-order valence-corrected chi connectivity index (χ4v) is 17.9. The molecule has 0 bridgehead atoms. The first-order valence-corrected chi connectivity index (χ1v) is 31.3. The van der Waals surface area contributed by atoms with E-state index < -0.39 is 0 Å². The monoisotopic (exact) mass is 994 g/mol. The van der Waals surface area contributed by atoms with Crippen LogP contribution in [0.25, 0.3) is 64.7 Å². The molecule has 2 nitrogen and oxygen atoms in total. The summed E-state index contributed by atoms with van der Waals surface area (Å²) < 4.78 is 9.05. The van der Waals surface area contributed by atoms with Crippen molar-refractivity contribution in [2.24, 2.45) is 0 Å². The first kappa shape index (κ1) is 52.8. The predicted molar refractivity (Wildman–Crippen MR) is 305 cm³/mol. The summed E-state index contributed by atoms with van der Waals surface area (Å²) in [6.07, 6.45) is 51.1. The molecule has 0 unspecified atom stereocenters. The molecule has 6 rings (SSSR count). The number of rotatable bonds is 36. The molecular formula is C58H78N2S6. The van der Waals surface area contributed by atoms with Gasteiger partial charge in [0, 0.05) is 35.3 Å². The summed E-state index contributed by atoms with van der Waals surface area (Å²) in [5, 5.41) is 9.21. The molecule has 0 saturated carbocycles. The van der Waals surface area contributed by atoms with Crippen molar-refractivity contribution in [3.05, 3.63) is 68.8 Å². The predicted octanol–water partition coefficient (Wildman–Crippen LogP) is 23.1. The zero-order valence-electron chi connectivity index (χ0n) is 40.6. The lowest BCUT2D eigenvalue weighted by molar-refractivity contribution is 0.532. The highest BCUT2D eigenvalue weighted by atomic mass is 32.1. The summed E-state index contributed by atoms with van der Waals surface area (Å²) >= 11 is 11.9. The van der Waals surface area contributed by atoms with Gasteiger partial charge in [-0.05, 0) is 73.2 Å². The Hall–Kier alpha value is -2.56. The maximum Gasteiger partial charge on any atom is 0.155 e. The van der Waals surface area contributed by atoms with E-state index in [1.165, 1.54) is 240 Å². The molecule has 6 aromatic rings. The van der Waals surface area contributed by atoms with Crippen molar-refractivity contribution in [3.63, 3.8) is 0 Å². The van der Waals surface area contributed by atoms with Crippen molar-refractivity contribution in [1.29, 1.82) is 5.26 Å². The van der Waals surface area contributed by atoms with Gasteiger partial charge in [-0.3, -0.25) is 0 Å². The van der Waals surface area contributed by atoms with Crippen LogP contribution in [0.4, 0.5) is 0 Å². The minimum Gasteiger partial charge on any atom is -0.246 e. The normalized spacial score (nSPS) is 12.1. The Bertz CT molecular complexity index is 2260. The maximum atomic E-state index is 9.21. The number of nitrogens with zero attached hydrogens (tertiary/aromatic N) is 2. The second kappa shape index (κ2) is 30.8. The second-order valence-corrected chi connectivity index (χ2v) is 25.0. The summed E-state index contributed by atoms with van der Waals surface area (Å²) in [5.74, 6) is 0. The van der Waals surface area contributed by atoms with Crippen LogP contribution in [0.3, 0.4) is 0 Å². The molecule has 0 N–H and O–H groups in total. The Morgan fingerprint density at radius 1 is 0.424 bits per heavy atom. The van der Waals surface area contributed by atoms with Gasteiger partial charge in [0.05, 0.1) is 40.8 Å². The van der Waals surface area contributed by atoms with Crippen molar-refractivity contribution in [1.82, 2.24) is 0 Å². The number of hydrogen-bond acceptors (Lipinski definition) is 7. The second-order valence-electron chi connectivity index (χ2n) is 18.7. The molecule has 0 aliphatic rings. The molecule has 6 aromatic heterocycles. The Labute approximate surface area is 424 Å². The first-order chi connectivity index (χ1) is 32.7. The van der Waals surface area contributed by atoms with Gasteiger partial charge in [0.2, 0.25) is 0 Å². The van der Waals surface area contributed by atoms with E-state index in [-0.39, 0.29) is 0 Å². The summed E-state index contributed by atoms with van der Waals surface area (Å²) in [6.45, 7) is 11.9. The van der Waals surface area contributed by atoms with E-state index in [1.807, 2.05) is 57.5 Å². The van der Waals surface area contributed by atoms with Crippen LogP contribution in [-0.4, -0.2) is 0 Å². The van der Waals surface area contributed by atoms with Gasteiger partial charge in [0.25, 0.3) is 0 Å². The number of thiophene rings is 6. The van der Waals surface area contributed by atoms with Gasteiger partial charge in [0.15, 0.2) is 6.20 Å². The molecule has 66 heavy (non-hydrogen) atoms. The third-order valence-corrected chi connectivity index (χ3v) is 21.5. The molecule has 0 amide bonds. The van der Waals surface area contributed by atoms with Crippen molar-refractivity contribution in [2.45, 2.75) is 219 Å². The van der Waals surface area contributed by atoms with Gasteiger partial charge >= 0.3 is 0 Å². The zero-order chi connectivity index (χ0) is 46.0. The Kier molecular flexibility index (Phi) is 24.7. The molecule has 0 aliphatic carbocycles. The first-order valence-electron chi connectivity index (χ1n) is 26.4. The minimum absolute atomic E-state index is 1.14. The van der Waals surface area contributed by atoms with Crippen molar-refractivity contribution >= 4 is 108 Å². The fraction of sp³-hybridized carbons (Fsp3) is 0.586. The lowest BCUT2D eigenvalue weighted by Gasteiger charge is -2.05. The molecule has 6 heterocycles. The minimum atomic E-state index is 1.14. The number of allylic oxidation sites excluding steroid dienone is 1. The Morgan fingerprint density at radius 3 is 1.11 bits per heavy atom. The van der Waals surface area contributed by atoms with Crippen molar-refractivity contribution < 1.29 is 0 Å². The number of hydrogen-bond donors (Lipinski definition) is 0. The largest absolute Gasteiger partial charge is 0.246 e. The van der Waals surface area contributed by atoms with E-state index in [0.29, 0.717) is 0 Å². The highest BCUT2D eigenvalue weighted by molar-refractivity contribution is 7.46. The highest BCUT2D eigenvalue weighted by Gasteiger charge is 2.25. The molecule has 0 atom stereocenters. The van der Waals surface area contributed by atoms with Gasteiger partial charge in [-0.2, -0.15) is 5.26 Å². The van der Waals surface area contributed by atoms with Crippen LogP contribution in [0.15, 0.2) is 36.5 Å². The zero-order valence-corrected chi connectivity index (χ0v) is 45.5. The van der Waals surface area contributed by atoms with Crippen LogP contribution in [0.5, 0.6) is 0 Å². The molecule has 0 radical (unpaired) electrons. The number of nitriles is 1. The average Bonchev–Trinajstić information content (AvgIpc) is 4.20. The van der Waals surface area contributed by atoms with E-state index in [4.69, 9.17) is 6.57 Å². The molecule has 0 spiro atoms. The van der Waals surface area contributed by atoms with E-state index in [0.717, 1.165) is 22.6 Å². The van der Waals surface area contributed by atoms with Crippen molar-refractivity contribution in [3.8, 4) is 25.6 Å². The molecule has 0 aliphatic heterocycles. The topological polar surface area (TPSA) is 28.1 Å². The van der Waals surface area contributed by atoms with Crippen LogP contribution >= 0.6 is 68.0 Å². The van der Waals surface area contributed by atoms with Crippen LogP contribution in [0.1, 0.15) is 227 Å². The van der Waals surface area contributed by atoms with E-state index in [9.17, 15) is 5.26 Å². The smallest absolute Gasteiger partial charge is 0.155 e. The van der Waals surface area contributed by atoms with Gasteiger partial charge in [-0.1, -0.05) is 194 Å². The lowest BCUT2D eigenvalue weighted by Crippen LogP contribution is -1.87. The Morgan fingerprint density at radius 2 is 0.758 bits per heavy atom. The summed E-state index contributed by atoms with van der Waals surface area (Å²) in [7, 11) is 0. The SMILES string of the molecule is [C-]#[N+]/C=C/c1ccc(-c2sc3c(sc4c5sc(-c6ccc(/C=C/C#N)s6)c(CCCCCCCCCCCCCCCCC)c5sc34)c2CCCCCCCCCCCCCCCCC)s1. The molecular weight excluding hydrogens is 917 g/mol. The van der Waals surface area contributed by atoms with Gasteiger partial charge in [0.1, 0.15) is 0 Å². The van der Waals surface area contributed by atoms with Crippen LogP contribution in [-0.2, 0) is 12.8 Å². The van der Waals surface area contributed by atoms with E-state index >= 15 is 0 Å². The average molecular weight is 996 g/mol. The summed E-state index contributed by atoms with van der Waals surface area (Å²) in [4.78, 5) is 11.4.